The molecular formula is C13H20N3O2+. The van der Waals surface area contributed by atoms with Gasteiger partial charge in [0.25, 0.3) is 0 Å². The van der Waals surface area contributed by atoms with E-state index in [0.717, 1.165) is 6.42 Å². The van der Waals surface area contributed by atoms with E-state index in [1.165, 1.54) is 18.9 Å². The molecular weight excluding hydrogens is 230 g/mol. The van der Waals surface area contributed by atoms with E-state index in [0.29, 0.717) is 23.7 Å². The number of pyridine rings is 1. The monoisotopic (exact) mass is 250 g/mol. The van der Waals surface area contributed by atoms with Crippen molar-refractivity contribution in [2.24, 2.45) is 11.8 Å². The van der Waals surface area contributed by atoms with Gasteiger partial charge in [-0.2, -0.15) is 0 Å². The largest absolute Gasteiger partial charge is 0.357 e. The lowest BCUT2D eigenvalue weighted by Gasteiger charge is -2.31. The van der Waals surface area contributed by atoms with E-state index >= 15 is 0 Å². The number of hydrogen-bond donors (Lipinski definition) is 1. The Labute approximate surface area is 107 Å². The number of nitro groups is 1. The first-order chi connectivity index (χ1) is 8.59. The van der Waals surface area contributed by atoms with Crippen LogP contribution in [0, 0.1) is 22.0 Å². The summed E-state index contributed by atoms with van der Waals surface area (Å²) >= 11 is 0. The molecule has 2 N–H and O–H groups in total. The van der Waals surface area contributed by atoms with Crippen molar-refractivity contribution >= 4 is 11.5 Å². The van der Waals surface area contributed by atoms with Gasteiger partial charge in [-0.1, -0.05) is 20.3 Å². The van der Waals surface area contributed by atoms with Crippen molar-refractivity contribution in [1.82, 2.24) is 0 Å². The molecule has 0 amide bonds. The van der Waals surface area contributed by atoms with Crippen LogP contribution in [0.4, 0.5) is 11.5 Å². The minimum Gasteiger partial charge on any atom is -0.266 e. The molecule has 1 aliphatic rings. The second-order valence-corrected chi connectivity index (χ2v) is 5.21. The number of anilines is 1. The van der Waals surface area contributed by atoms with E-state index in [1.807, 2.05) is 0 Å². The van der Waals surface area contributed by atoms with Crippen molar-refractivity contribution in [1.29, 1.82) is 0 Å². The van der Waals surface area contributed by atoms with Crippen LogP contribution in [-0.4, -0.2) is 11.0 Å². The highest BCUT2D eigenvalue weighted by Crippen LogP contribution is 2.32. The van der Waals surface area contributed by atoms with Gasteiger partial charge in [-0.15, -0.1) is 0 Å². The third kappa shape index (κ3) is 2.60. The molecule has 1 aromatic rings. The first-order valence-corrected chi connectivity index (χ1v) is 6.51. The summed E-state index contributed by atoms with van der Waals surface area (Å²) in [6.07, 6.45) is 5.22. The van der Waals surface area contributed by atoms with Crippen LogP contribution in [0.3, 0.4) is 0 Å². The summed E-state index contributed by atoms with van der Waals surface area (Å²) in [6.45, 7) is 4.47. The van der Waals surface area contributed by atoms with E-state index in [-0.39, 0.29) is 10.6 Å². The Hall–Kier alpha value is -1.65. The molecule has 0 bridgehead atoms. The number of rotatable bonds is 3. The fourth-order valence-electron chi connectivity index (χ4n) is 2.67. The van der Waals surface area contributed by atoms with E-state index in [4.69, 9.17) is 0 Å². The molecule has 0 spiro atoms. The Bertz CT molecular complexity index is 436. The Kier molecular flexibility index (Phi) is 3.79. The number of hydrogen-bond acceptors (Lipinski definition) is 3. The molecule has 0 saturated heterocycles. The van der Waals surface area contributed by atoms with Crippen LogP contribution in [-0.2, 0) is 0 Å². The summed E-state index contributed by atoms with van der Waals surface area (Å²) < 4.78 is 0. The number of nitrogens with one attached hydrogen (secondary N) is 2. The van der Waals surface area contributed by atoms with Crippen molar-refractivity contribution in [3.63, 3.8) is 0 Å². The number of H-pyrrole nitrogens is 1. The molecule has 3 atom stereocenters. The van der Waals surface area contributed by atoms with Crippen LogP contribution < -0.4 is 10.3 Å². The zero-order valence-electron chi connectivity index (χ0n) is 10.8. The van der Waals surface area contributed by atoms with Crippen molar-refractivity contribution in [3.8, 4) is 0 Å². The second kappa shape index (κ2) is 5.33. The maximum atomic E-state index is 11.0. The predicted octanol–water partition coefficient (Wildman–Crippen LogP) is 2.65. The minimum absolute atomic E-state index is 0.114. The summed E-state index contributed by atoms with van der Waals surface area (Å²) in [4.78, 5) is 13.6. The van der Waals surface area contributed by atoms with Crippen molar-refractivity contribution in [2.45, 2.75) is 39.2 Å². The molecule has 0 radical (unpaired) electrons. The molecule has 1 saturated carbocycles. The lowest BCUT2D eigenvalue weighted by atomic mass is 9.78. The van der Waals surface area contributed by atoms with Gasteiger partial charge in [0, 0.05) is 6.07 Å². The van der Waals surface area contributed by atoms with Crippen LogP contribution in [0.15, 0.2) is 18.3 Å². The smallest absolute Gasteiger partial charge is 0.266 e. The molecule has 18 heavy (non-hydrogen) atoms. The third-order valence-electron chi connectivity index (χ3n) is 4.07. The average Bonchev–Trinajstić information content (AvgIpc) is 2.35. The lowest BCUT2D eigenvalue weighted by Crippen LogP contribution is -2.36. The summed E-state index contributed by atoms with van der Waals surface area (Å²) in [5, 5.41) is 14.3. The van der Waals surface area contributed by atoms with Crippen LogP contribution in [0.25, 0.3) is 0 Å². The summed E-state index contributed by atoms with van der Waals surface area (Å²) in [7, 11) is 0. The zero-order valence-corrected chi connectivity index (χ0v) is 10.8. The highest BCUT2D eigenvalue weighted by Gasteiger charge is 2.32. The van der Waals surface area contributed by atoms with Crippen LogP contribution >= 0.6 is 0 Å². The number of aromatic amines is 1. The second-order valence-electron chi connectivity index (χ2n) is 5.21. The molecule has 2 rings (SSSR count). The maximum absolute atomic E-state index is 11.0. The molecule has 5 heteroatoms. The fourth-order valence-corrected chi connectivity index (χ4v) is 2.67. The highest BCUT2D eigenvalue weighted by atomic mass is 16.6. The van der Waals surface area contributed by atoms with Crippen molar-refractivity contribution < 1.29 is 9.91 Å². The van der Waals surface area contributed by atoms with Gasteiger partial charge in [0.05, 0.1) is 17.2 Å². The topological polar surface area (TPSA) is 69.3 Å². The van der Waals surface area contributed by atoms with Crippen LogP contribution in [0.5, 0.6) is 0 Å². The van der Waals surface area contributed by atoms with Gasteiger partial charge in [-0.25, -0.2) is 4.98 Å². The Balaban J connectivity index is 2.16. The SMILES string of the molecule is C[C@@H]1[C@H](C)CCC[C@@H]1Nc1[nH+]cccc1[N+](=O)[O-]. The van der Waals surface area contributed by atoms with Crippen LogP contribution in [0.2, 0.25) is 0 Å². The molecule has 1 aromatic heterocycles. The first-order valence-electron chi connectivity index (χ1n) is 6.51. The minimum atomic E-state index is -0.351. The molecule has 0 unspecified atom stereocenters. The normalized spacial score (nSPS) is 27.8. The van der Waals surface area contributed by atoms with Crippen LogP contribution in [0.1, 0.15) is 33.1 Å². The van der Waals surface area contributed by atoms with Gasteiger partial charge in [0.2, 0.25) is 0 Å². The first kappa shape index (κ1) is 12.8. The maximum Gasteiger partial charge on any atom is 0.357 e. The standard InChI is InChI=1S/C13H19N3O2/c1-9-5-3-6-11(10(9)2)15-13-12(16(17)18)7-4-8-14-13/h4,7-11H,3,5-6H2,1-2H3,(H,14,15)/p+1/t9-,10-,11+/m1/s1. The van der Waals surface area contributed by atoms with Gasteiger partial charge < -0.3 is 0 Å². The van der Waals surface area contributed by atoms with Crippen molar-refractivity contribution in [2.75, 3.05) is 5.32 Å². The lowest BCUT2D eigenvalue weighted by molar-refractivity contribution is -0.410. The quantitative estimate of drug-likeness (QED) is 0.662. The number of nitrogens with zero attached hydrogens (tertiary/aromatic N) is 1. The summed E-state index contributed by atoms with van der Waals surface area (Å²) in [5.41, 5.74) is 0.114. The van der Waals surface area contributed by atoms with Gasteiger partial charge in [-0.3, -0.25) is 15.4 Å². The average molecular weight is 250 g/mol. The van der Waals surface area contributed by atoms with Gasteiger partial charge in [0.15, 0.2) is 0 Å². The predicted molar refractivity (Wildman–Crippen MR) is 69.2 cm³/mol. The molecule has 0 aromatic carbocycles. The Morgan fingerprint density at radius 3 is 2.94 bits per heavy atom. The molecule has 1 aliphatic carbocycles. The Morgan fingerprint density at radius 1 is 1.44 bits per heavy atom. The molecule has 98 valence electrons. The molecule has 1 heterocycles. The molecule has 0 aliphatic heterocycles. The summed E-state index contributed by atoms with van der Waals surface area (Å²) in [6, 6.07) is 3.48. The van der Waals surface area contributed by atoms with E-state index in [1.54, 1.807) is 12.3 Å². The Morgan fingerprint density at radius 2 is 2.22 bits per heavy atom. The molecule has 5 nitrogen and oxygen atoms in total. The fraction of sp³-hybridized carbons (Fsp3) is 0.615. The van der Waals surface area contributed by atoms with E-state index < -0.39 is 0 Å². The van der Waals surface area contributed by atoms with E-state index in [9.17, 15) is 10.1 Å². The van der Waals surface area contributed by atoms with Crippen molar-refractivity contribution in [3.05, 3.63) is 28.4 Å². The van der Waals surface area contributed by atoms with Gasteiger partial charge in [0.1, 0.15) is 0 Å². The van der Waals surface area contributed by atoms with Gasteiger partial charge >= 0.3 is 11.5 Å². The van der Waals surface area contributed by atoms with Gasteiger partial charge in [-0.05, 0) is 30.7 Å². The highest BCUT2D eigenvalue weighted by molar-refractivity contribution is 5.51. The van der Waals surface area contributed by atoms with E-state index in [2.05, 4.69) is 24.1 Å². The number of aromatic nitrogens is 1. The summed E-state index contributed by atoms with van der Waals surface area (Å²) in [5.74, 6) is 1.72. The zero-order chi connectivity index (χ0) is 13.1. The molecule has 1 fully saturated rings. The third-order valence-corrected chi connectivity index (χ3v) is 4.07.